The summed E-state index contributed by atoms with van der Waals surface area (Å²) < 4.78 is 0. The fraction of sp³-hybridized carbons (Fsp3) is 0.350. The maximum atomic E-state index is 12.6. The van der Waals surface area contributed by atoms with Crippen molar-refractivity contribution in [2.45, 2.75) is 32.6 Å². The number of amides is 1. The molecule has 3 rings (SSSR count). The number of aryl methyl sites for hydroxylation is 2. The first-order chi connectivity index (χ1) is 12.9. The Balaban J connectivity index is 1.57. The molecule has 5 N–H and O–H groups in total. The van der Waals surface area contributed by atoms with Gasteiger partial charge in [-0.25, -0.2) is 10.9 Å². The van der Waals surface area contributed by atoms with Crippen LogP contribution in [0, 0.1) is 13.8 Å². The van der Waals surface area contributed by atoms with Gasteiger partial charge in [0.2, 0.25) is 5.91 Å². The summed E-state index contributed by atoms with van der Waals surface area (Å²) in [5.41, 5.74) is 14.5. The molecular weight excluding hydrogens is 340 g/mol. The van der Waals surface area contributed by atoms with Crippen LogP contribution in [0.2, 0.25) is 0 Å². The van der Waals surface area contributed by atoms with Gasteiger partial charge < -0.3 is 15.5 Å². The van der Waals surface area contributed by atoms with Crippen molar-refractivity contribution in [3.05, 3.63) is 59.2 Å². The second-order valence-corrected chi connectivity index (χ2v) is 7.09. The number of carbonyl (C=O) groups is 1. The molecule has 2 atom stereocenters. The van der Waals surface area contributed by atoms with Crippen LogP contribution >= 0.6 is 0 Å². The van der Waals surface area contributed by atoms with E-state index in [1.807, 2.05) is 49.3 Å². The lowest BCUT2D eigenvalue weighted by molar-refractivity contribution is -0.123. The SMILES string of the molecule is Cc1ccc(NC2NNNC2C(=O)NCc2ccc(N(C)C)cc2)cc1C. The fourth-order valence-electron chi connectivity index (χ4n) is 2.92. The standard InChI is InChI=1S/C20H28N6O/c1-13-5-8-16(11-14(13)2)22-19-18(23-25-24-19)20(27)21-12-15-6-9-17(10-7-15)26(3)4/h5-11,18-19,22-25H,12H2,1-4H3,(H,21,27). The van der Waals surface area contributed by atoms with Gasteiger partial charge >= 0.3 is 0 Å². The predicted molar refractivity (Wildman–Crippen MR) is 109 cm³/mol. The molecule has 0 aliphatic carbocycles. The van der Waals surface area contributed by atoms with E-state index in [-0.39, 0.29) is 12.1 Å². The monoisotopic (exact) mass is 368 g/mol. The predicted octanol–water partition coefficient (Wildman–Crippen LogP) is 1.40. The Morgan fingerprint density at radius 1 is 1.04 bits per heavy atom. The van der Waals surface area contributed by atoms with E-state index in [0.29, 0.717) is 6.54 Å². The summed E-state index contributed by atoms with van der Waals surface area (Å²) in [5, 5.41) is 6.35. The normalized spacial score (nSPS) is 19.0. The van der Waals surface area contributed by atoms with Gasteiger partial charge in [0.15, 0.2) is 0 Å². The summed E-state index contributed by atoms with van der Waals surface area (Å²) in [5.74, 6) is -0.0782. The minimum absolute atomic E-state index is 0.0782. The minimum atomic E-state index is -0.437. The van der Waals surface area contributed by atoms with Crippen LogP contribution in [-0.4, -0.2) is 32.2 Å². The number of benzene rings is 2. The zero-order valence-corrected chi connectivity index (χ0v) is 16.3. The van der Waals surface area contributed by atoms with Crippen LogP contribution in [0.15, 0.2) is 42.5 Å². The number of anilines is 2. The average molecular weight is 368 g/mol. The molecule has 27 heavy (non-hydrogen) atoms. The van der Waals surface area contributed by atoms with Crippen LogP contribution in [0.5, 0.6) is 0 Å². The molecule has 1 fully saturated rings. The third-order valence-corrected chi connectivity index (χ3v) is 4.82. The van der Waals surface area contributed by atoms with E-state index in [0.717, 1.165) is 16.9 Å². The molecule has 144 valence electrons. The number of hydrazine groups is 2. The maximum absolute atomic E-state index is 12.6. The Kier molecular flexibility index (Phi) is 5.95. The number of nitrogens with one attached hydrogen (secondary N) is 5. The first-order valence-corrected chi connectivity index (χ1v) is 9.08. The lowest BCUT2D eigenvalue weighted by Gasteiger charge is -2.20. The Morgan fingerprint density at radius 3 is 2.44 bits per heavy atom. The highest BCUT2D eigenvalue weighted by atomic mass is 16.2. The molecule has 7 heteroatoms. The van der Waals surface area contributed by atoms with Gasteiger partial charge in [-0.05, 0) is 54.8 Å². The summed E-state index contributed by atoms with van der Waals surface area (Å²) in [6.45, 7) is 4.64. The van der Waals surface area contributed by atoms with Crippen LogP contribution < -0.4 is 31.9 Å². The second kappa shape index (κ2) is 8.39. The summed E-state index contributed by atoms with van der Waals surface area (Å²) in [6, 6.07) is 13.9. The van der Waals surface area contributed by atoms with E-state index in [9.17, 15) is 4.79 Å². The summed E-state index contributed by atoms with van der Waals surface area (Å²) in [4.78, 5) is 14.7. The summed E-state index contributed by atoms with van der Waals surface area (Å²) in [6.07, 6.45) is -0.261. The molecule has 1 amide bonds. The number of hydrogen-bond donors (Lipinski definition) is 5. The molecule has 2 aromatic carbocycles. The van der Waals surface area contributed by atoms with Crippen LogP contribution in [0.4, 0.5) is 11.4 Å². The van der Waals surface area contributed by atoms with Crippen LogP contribution in [0.1, 0.15) is 16.7 Å². The van der Waals surface area contributed by atoms with Gasteiger partial charge in [0, 0.05) is 32.0 Å². The smallest absolute Gasteiger partial charge is 0.242 e. The van der Waals surface area contributed by atoms with E-state index >= 15 is 0 Å². The molecule has 1 aliphatic rings. The van der Waals surface area contributed by atoms with Crippen molar-refractivity contribution in [1.29, 1.82) is 0 Å². The molecule has 2 unspecified atom stereocenters. The van der Waals surface area contributed by atoms with E-state index in [1.165, 1.54) is 11.1 Å². The highest BCUT2D eigenvalue weighted by molar-refractivity contribution is 5.83. The molecule has 2 aromatic rings. The molecule has 0 bridgehead atoms. The highest BCUT2D eigenvalue weighted by Gasteiger charge is 2.32. The molecule has 1 heterocycles. The lowest BCUT2D eigenvalue weighted by atomic mass is 10.1. The van der Waals surface area contributed by atoms with Gasteiger partial charge in [-0.2, -0.15) is 5.53 Å². The Bertz CT molecular complexity index is 790. The first-order valence-electron chi connectivity index (χ1n) is 9.08. The van der Waals surface area contributed by atoms with E-state index in [2.05, 4.69) is 53.0 Å². The van der Waals surface area contributed by atoms with Gasteiger partial charge in [-0.3, -0.25) is 4.79 Å². The van der Waals surface area contributed by atoms with Crippen molar-refractivity contribution in [1.82, 2.24) is 21.7 Å². The molecular formula is C20H28N6O. The third-order valence-electron chi connectivity index (χ3n) is 4.82. The van der Waals surface area contributed by atoms with E-state index in [1.54, 1.807) is 0 Å². The van der Waals surface area contributed by atoms with Crippen molar-refractivity contribution in [3.8, 4) is 0 Å². The second-order valence-electron chi connectivity index (χ2n) is 7.09. The fourth-order valence-corrected chi connectivity index (χ4v) is 2.92. The zero-order valence-electron chi connectivity index (χ0n) is 16.3. The van der Waals surface area contributed by atoms with Crippen molar-refractivity contribution >= 4 is 17.3 Å². The number of carbonyl (C=O) groups excluding carboxylic acids is 1. The topological polar surface area (TPSA) is 80.5 Å². The van der Waals surface area contributed by atoms with Crippen LogP contribution in [0.3, 0.4) is 0 Å². The maximum Gasteiger partial charge on any atom is 0.242 e. The average Bonchev–Trinajstić information content (AvgIpc) is 3.11. The van der Waals surface area contributed by atoms with Gasteiger partial charge in [0.25, 0.3) is 0 Å². The number of nitrogens with zero attached hydrogens (tertiary/aromatic N) is 1. The van der Waals surface area contributed by atoms with Crippen molar-refractivity contribution in [2.75, 3.05) is 24.3 Å². The Hall–Kier alpha value is -2.61. The number of rotatable bonds is 6. The first kappa shape index (κ1) is 19.2. The zero-order chi connectivity index (χ0) is 19.4. The molecule has 1 saturated heterocycles. The van der Waals surface area contributed by atoms with Gasteiger partial charge in [-0.1, -0.05) is 18.2 Å². The van der Waals surface area contributed by atoms with E-state index < -0.39 is 6.04 Å². The quantitative estimate of drug-likeness (QED) is 0.531. The van der Waals surface area contributed by atoms with Crippen molar-refractivity contribution < 1.29 is 4.79 Å². The number of hydrogen-bond acceptors (Lipinski definition) is 6. The molecule has 7 nitrogen and oxygen atoms in total. The molecule has 0 spiro atoms. The highest BCUT2D eigenvalue weighted by Crippen LogP contribution is 2.16. The third kappa shape index (κ3) is 4.77. The molecule has 0 saturated carbocycles. The molecule has 1 aliphatic heterocycles. The molecule has 0 aromatic heterocycles. The summed E-state index contributed by atoms with van der Waals surface area (Å²) in [7, 11) is 4.01. The van der Waals surface area contributed by atoms with Gasteiger partial charge in [-0.15, -0.1) is 0 Å². The summed E-state index contributed by atoms with van der Waals surface area (Å²) >= 11 is 0. The van der Waals surface area contributed by atoms with Crippen LogP contribution in [0.25, 0.3) is 0 Å². The molecule has 0 radical (unpaired) electrons. The van der Waals surface area contributed by atoms with E-state index in [4.69, 9.17) is 0 Å². The van der Waals surface area contributed by atoms with Crippen molar-refractivity contribution in [2.24, 2.45) is 0 Å². The van der Waals surface area contributed by atoms with Crippen LogP contribution in [-0.2, 0) is 11.3 Å². The van der Waals surface area contributed by atoms with Crippen molar-refractivity contribution in [3.63, 3.8) is 0 Å². The lowest BCUT2D eigenvalue weighted by Crippen LogP contribution is -2.50. The Morgan fingerprint density at radius 2 is 1.78 bits per heavy atom. The largest absolute Gasteiger partial charge is 0.378 e. The Labute approximate surface area is 160 Å². The van der Waals surface area contributed by atoms with Gasteiger partial charge in [0.05, 0.1) is 0 Å². The minimum Gasteiger partial charge on any atom is -0.378 e. The van der Waals surface area contributed by atoms with Gasteiger partial charge in [0.1, 0.15) is 12.2 Å².